The zero-order valence-electron chi connectivity index (χ0n) is 8.14. The molecule has 0 aliphatic heterocycles. The van der Waals surface area contributed by atoms with Crippen molar-refractivity contribution in [3.8, 4) is 0 Å². The van der Waals surface area contributed by atoms with Crippen molar-refractivity contribution >= 4 is 11.7 Å². The molecule has 0 spiro atoms. The van der Waals surface area contributed by atoms with Crippen LogP contribution in [0.25, 0.3) is 0 Å². The highest BCUT2D eigenvalue weighted by Gasteiger charge is 2.13. The summed E-state index contributed by atoms with van der Waals surface area (Å²) in [5.41, 5.74) is 0.445. The summed E-state index contributed by atoms with van der Waals surface area (Å²) in [6, 6.07) is 4.83. The molecule has 0 radical (unpaired) electrons. The van der Waals surface area contributed by atoms with Gasteiger partial charge in [0.1, 0.15) is 0 Å². The Morgan fingerprint density at radius 1 is 1.33 bits per heavy atom. The molecule has 2 aromatic rings. The highest BCUT2D eigenvalue weighted by atomic mass is 16.3. The molecule has 0 aromatic carbocycles. The standard InChI is InChI=1S/C11H9NO3/c1-8(13)12-5-4-9(7-12)11(14)10-3-2-6-15-10/h2-7H,1H3. The van der Waals surface area contributed by atoms with Crippen LogP contribution in [0, 0.1) is 0 Å². The molecule has 0 amide bonds. The third kappa shape index (κ3) is 1.74. The molecule has 0 saturated carbocycles. The van der Waals surface area contributed by atoms with Crippen LogP contribution in [0.15, 0.2) is 41.3 Å². The van der Waals surface area contributed by atoms with Crippen LogP contribution in [0.5, 0.6) is 0 Å². The van der Waals surface area contributed by atoms with Crippen LogP contribution >= 0.6 is 0 Å². The quantitative estimate of drug-likeness (QED) is 0.701. The third-order valence-electron chi connectivity index (χ3n) is 2.06. The van der Waals surface area contributed by atoms with Crippen molar-refractivity contribution in [1.82, 2.24) is 4.57 Å². The Labute approximate surface area is 86.1 Å². The minimum Gasteiger partial charge on any atom is -0.461 e. The number of hydrogen-bond donors (Lipinski definition) is 0. The Kier molecular flexibility index (Phi) is 2.25. The molecule has 0 saturated heterocycles. The average Bonchev–Trinajstić information content (AvgIpc) is 2.88. The molecule has 0 N–H and O–H groups in total. The van der Waals surface area contributed by atoms with Crippen LogP contribution in [0.2, 0.25) is 0 Å². The molecule has 0 unspecified atom stereocenters. The van der Waals surface area contributed by atoms with E-state index in [2.05, 4.69) is 0 Å². The fourth-order valence-corrected chi connectivity index (χ4v) is 1.28. The summed E-state index contributed by atoms with van der Waals surface area (Å²) in [4.78, 5) is 22.7. The first-order chi connectivity index (χ1) is 7.18. The van der Waals surface area contributed by atoms with Crippen molar-refractivity contribution in [2.24, 2.45) is 0 Å². The van der Waals surface area contributed by atoms with Gasteiger partial charge in [0, 0.05) is 24.9 Å². The summed E-state index contributed by atoms with van der Waals surface area (Å²) in [7, 11) is 0. The van der Waals surface area contributed by atoms with Gasteiger partial charge in [0.05, 0.1) is 6.26 Å². The summed E-state index contributed by atoms with van der Waals surface area (Å²) in [6.45, 7) is 1.43. The smallest absolute Gasteiger partial charge is 0.229 e. The predicted molar refractivity (Wildman–Crippen MR) is 52.9 cm³/mol. The van der Waals surface area contributed by atoms with Gasteiger partial charge in [-0.1, -0.05) is 0 Å². The van der Waals surface area contributed by atoms with Gasteiger partial charge in [0.25, 0.3) is 0 Å². The molecule has 0 aliphatic carbocycles. The molecule has 2 aromatic heterocycles. The maximum absolute atomic E-state index is 11.7. The minimum atomic E-state index is -0.222. The van der Waals surface area contributed by atoms with E-state index < -0.39 is 0 Å². The van der Waals surface area contributed by atoms with Crippen molar-refractivity contribution in [3.05, 3.63) is 48.2 Å². The molecule has 2 heterocycles. The largest absolute Gasteiger partial charge is 0.461 e. The fourth-order valence-electron chi connectivity index (χ4n) is 1.28. The maximum atomic E-state index is 11.7. The van der Waals surface area contributed by atoms with Gasteiger partial charge in [-0.15, -0.1) is 0 Å². The van der Waals surface area contributed by atoms with Gasteiger partial charge in [-0.25, -0.2) is 0 Å². The molecule has 4 nitrogen and oxygen atoms in total. The van der Waals surface area contributed by atoms with E-state index in [1.165, 1.54) is 24.0 Å². The number of nitrogens with zero attached hydrogens (tertiary/aromatic N) is 1. The molecule has 0 atom stereocenters. The summed E-state index contributed by atoms with van der Waals surface area (Å²) in [5.74, 6) is -0.0789. The average molecular weight is 203 g/mol. The number of carbonyl (C=O) groups is 2. The van der Waals surface area contributed by atoms with Gasteiger partial charge in [-0.3, -0.25) is 14.2 Å². The highest BCUT2D eigenvalue weighted by molar-refractivity contribution is 6.07. The van der Waals surface area contributed by atoms with E-state index in [0.717, 1.165) is 0 Å². The summed E-state index contributed by atoms with van der Waals surface area (Å²) >= 11 is 0. The first-order valence-electron chi connectivity index (χ1n) is 4.45. The number of furan rings is 1. The molecular weight excluding hydrogens is 194 g/mol. The highest BCUT2D eigenvalue weighted by Crippen LogP contribution is 2.10. The lowest BCUT2D eigenvalue weighted by molar-refractivity contribution is 0.0937. The maximum Gasteiger partial charge on any atom is 0.229 e. The predicted octanol–water partition coefficient (Wildman–Crippen LogP) is 1.97. The normalized spacial score (nSPS) is 10.2. The van der Waals surface area contributed by atoms with Crippen molar-refractivity contribution in [2.45, 2.75) is 6.92 Å². The topological polar surface area (TPSA) is 52.2 Å². The Morgan fingerprint density at radius 3 is 2.67 bits per heavy atom. The van der Waals surface area contributed by atoms with Gasteiger partial charge < -0.3 is 4.42 Å². The zero-order valence-corrected chi connectivity index (χ0v) is 8.14. The first kappa shape index (κ1) is 9.45. The van der Waals surface area contributed by atoms with Crippen LogP contribution < -0.4 is 0 Å². The number of carbonyl (C=O) groups excluding carboxylic acids is 2. The summed E-state index contributed by atoms with van der Waals surface area (Å²) in [6.07, 6.45) is 4.49. The van der Waals surface area contributed by atoms with Crippen molar-refractivity contribution < 1.29 is 14.0 Å². The van der Waals surface area contributed by atoms with Crippen LogP contribution in [0.1, 0.15) is 27.8 Å². The molecule has 0 fully saturated rings. The number of rotatable bonds is 2. The van der Waals surface area contributed by atoms with Crippen molar-refractivity contribution in [3.63, 3.8) is 0 Å². The second-order valence-corrected chi connectivity index (χ2v) is 3.13. The lowest BCUT2D eigenvalue weighted by Crippen LogP contribution is -2.03. The van der Waals surface area contributed by atoms with E-state index >= 15 is 0 Å². The van der Waals surface area contributed by atoms with Crippen LogP contribution in [-0.2, 0) is 0 Å². The molecule has 4 heteroatoms. The van der Waals surface area contributed by atoms with E-state index in [-0.39, 0.29) is 17.5 Å². The fraction of sp³-hybridized carbons (Fsp3) is 0.0909. The van der Waals surface area contributed by atoms with E-state index in [1.54, 1.807) is 24.4 Å². The zero-order chi connectivity index (χ0) is 10.8. The Hall–Kier alpha value is -2.10. The Bertz CT molecular complexity index is 494. The Balaban J connectivity index is 2.31. The van der Waals surface area contributed by atoms with Gasteiger partial charge >= 0.3 is 0 Å². The van der Waals surface area contributed by atoms with Crippen LogP contribution in [-0.4, -0.2) is 16.3 Å². The van der Waals surface area contributed by atoms with Crippen LogP contribution in [0.4, 0.5) is 0 Å². The summed E-state index contributed by atoms with van der Waals surface area (Å²) < 4.78 is 6.33. The van der Waals surface area contributed by atoms with E-state index in [0.29, 0.717) is 5.56 Å². The number of ketones is 1. The minimum absolute atomic E-state index is 0.131. The van der Waals surface area contributed by atoms with E-state index in [1.807, 2.05) is 0 Å². The lowest BCUT2D eigenvalue weighted by atomic mass is 10.2. The van der Waals surface area contributed by atoms with E-state index in [9.17, 15) is 9.59 Å². The van der Waals surface area contributed by atoms with Gasteiger partial charge in [-0.2, -0.15) is 0 Å². The van der Waals surface area contributed by atoms with Gasteiger partial charge in [0.15, 0.2) is 5.76 Å². The molecule has 76 valence electrons. The van der Waals surface area contributed by atoms with Crippen LogP contribution in [0.3, 0.4) is 0 Å². The van der Waals surface area contributed by atoms with Crippen molar-refractivity contribution in [1.29, 1.82) is 0 Å². The van der Waals surface area contributed by atoms with Gasteiger partial charge in [-0.05, 0) is 18.2 Å². The SMILES string of the molecule is CC(=O)n1ccc(C(=O)c2ccco2)c1. The lowest BCUT2D eigenvalue weighted by Gasteiger charge is -1.93. The number of aromatic nitrogens is 1. The third-order valence-corrected chi connectivity index (χ3v) is 2.06. The molecule has 15 heavy (non-hydrogen) atoms. The van der Waals surface area contributed by atoms with Gasteiger partial charge in [0.2, 0.25) is 11.7 Å². The first-order valence-corrected chi connectivity index (χ1v) is 4.45. The monoisotopic (exact) mass is 203 g/mol. The van der Waals surface area contributed by atoms with E-state index in [4.69, 9.17) is 4.42 Å². The molecular formula is C11H9NO3. The second-order valence-electron chi connectivity index (χ2n) is 3.13. The summed E-state index contributed by atoms with van der Waals surface area (Å²) in [5, 5.41) is 0. The Morgan fingerprint density at radius 2 is 2.13 bits per heavy atom. The molecule has 2 rings (SSSR count). The second kappa shape index (κ2) is 3.57. The van der Waals surface area contributed by atoms with Crippen molar-refractivity contribution in [2.75, 3.05) is 0 Å². The number of hydrogen-bond acceptors (Lipinski definition) is 3. The molecule has 0 bridgehead atoms. The molecule has 0 aliphatic rings.